The van der Waals surface area contributed by atoms with Gasteiger partial charge in [-0.15, -0.1) is 11.3 Å². The van der Waals surface area contributed by atoms with Gasteiger partial charge in [0.2, 0.25) is 0 Å². The fourth-order valence-electron chi connectivity index (χ4n) is 2.65. The van der Waals surface area contributed by atoms with Crippen LogP contribution in [0.15, 0.2) is 54.6 Å². The second kappa shape index (κ2) is 8.06. The van der Waals surface area contributed by atoms with E-state index in [2.05, 4.69) is 4.98 Å². The molecule has 3 aromatic rings. The van der Waals surface area contributed by atoms with Crippen LogP contribution in [0, 0.1) is 6.92 Å². The fraction of sp³-hybridized carbons (Fsp3) is 0.143. The minimum Gasteiger partial charge on any atom is -0.288 e. The van der Waals surface area contributed by atoms with Crippen molar-refractivity contribution in [3.8, 4) is 10.6 Å². The zero-order chi connectivity index (χ0) is 22.1. The van der Waals surface area contributed by atoms with E-state index in [9.17, 15) is 31.1 Å². The summed E-state index contributed by atoms with van der Waals surface area (Å²) in [6, 6.07) is 10.2. The summed E-state index contributed by atoms with van der Waals surface area (Å²) in [4.78, 5) is 17.1. The van der Waals surface area contributed by atoms with Crippen LogP contribution < -0.4 is 0 Å². The first-order valence-electron chi connectivity index (χ1n) is 8.50. The molecule has 0 fully saturated rings. The number of thiazole rings is 1. The van der Waals surface area contributed by atoms with Crippen molar-refractivity contribution in [1.29, 1.82) is 0 Å². The molecular weight excluding hydrogens is 428 g/mol. The molecule has 0 saturated heterocycles. The molecule has 0 saturated carbocycles. The largest absolute Gasteiger partial charge is 0.416 e. The third kappa shape index (κ3) is 4.96. The van der Waals surface area contributed by atoms with E-state index in [1.165, 1.54) is 0 Å². The standard InChI is InChI=1S/C21H13F6NOS/c1-12-18(30-19(28-12)14-5-3-2-4-6-14)17(29)8-7-13-9-15(20(22,23)24)11-16(10-13)21(25,26)27/h2-11H,1H3/b8-7+. The van der Waals surface area contributed by atoms with Crippen LogP contribution in [-0.2, 0) is 12.4 Å². The quantitative estimate of drug-likeness (QED) is 0.247. The van der Waals surface area contributed by atoms with Crippen LogP contribution >= 0.6 is 11.3 Å². The predicted octanol–water partition coefficient (Wildman–Crippen LogP) is 7.05. The van der Waals surface area contributed by atoms with Crippen LogP contribution in [0.5, 0.6) is 0 Å². The number of rotatable bonds is 4. The third-order valence-corrected chi connectivity index (χ3v) is 5.30. The molecule has 9 heteroatoms. The SMILES string of the molecule is Cc1nc(-c2ccccc2)sc1C(=O)/C=C/c1cc(C(F)(F)F)cc(C(F)(F)F)c1. The third-order valence-electron chi connectivity index (χ3n) is 4.08. The van der Waals surface area contributed by atoms with Gasteiger partial charge in [0.1, 0.15) is 5.01 Å². The average molecular weight is 441 g/mol. The molecule has 1 aromatic heterocycles. The maximum atomic E-state index is 13.0. The monoisotopic (exact) mass is 441 g/mol. The van der Waals surface area contributed by atoms with Gasteiger partial charge in [0.25, 0.3) is 0 Å². The zero-order valence-electron chi connectivity index (χ0n) is 15.3. The molecule has 0 unspecified atom stereocenters. The number of halogens is 6. The number of carbonyl (C=O) groups excluding carboxylic acids is 1. The molecule has 2 nitrogen and oxygen atoms in total. The Bertz CT molecular complexity index is 1060. The molecule has 0 radical (unpaired) electrons. The molecule has 0 aliphatic heterocycles. The first kappa shape index (κ1) is 21.8. The van der Waals surface area contributed by atoms with E-state index < -0.39 is 29.3 Å². The molecule has 0 atom stereocenters. The van der Waals surface area contributed by atoms with E-state index in [1.807, 2.05) is 18.2 Å². The number of hydrogen-bond donors (Lipinski definition) is 0. The van der Waals surface area contributed by atoms with Crippen LogP contribution in [-0.4, -0.2) is 10.8 Å². The summed E-state index contributed by atoms with van der Waals surface area (Å²) in [6.07, 6.45) is -8.02. The van der Waals surface area contributed by atoms with E-state index in [0.717, 1.165) is 29.1 Å². The Labute approximate surface area is 171 Å². The summed E-state index contributed by atoms with van der Waals surface area (Å²) in [5.41, 5.74) is -2.04. The molecule has 1 heterocycles. The number of aromatic nitrogens is 1. The lowest BCUT2D eigenvalue weighted by molar-refractivity contribution is -0.143. The summed E-state index contributed by atoms with van der Waals surface area (Å²) in [5.74, 6) is -0.557. The molecule has 0 N–H and O–H groups in total. The lowest BCUT2D eigenvalue weighted by Crippen LogP contribution is -2.11. The lowest BCUT2D eigenvalue weighted by Gasteiger charge is -2.12. The van der Waals surface area contributed by atoms with Gasteiger partial charge in [0, 0.05) is 5.56 Å². The molecule has 2 aromatic carbocycles. The van der Waals surface area contributed by atoms with Crippen molar-refractivity contribution in [2.45, 2.75) is 19.3 Å². The van der Waals surface area contributed by atoms with Crippen molar-refractivity contribution in [3.05, 3.63) is 81.9 Å². The highest BCUT2D eigenvalue weighted by Crippen LogP contribution is 2.36. The molecule has 156 valence electrons. The minimum atomic E-state index is -4.95. The maximum absolute atomic E-state index is 13.0. The number of ketones is 1. The van der Waals surface area contributed by atoms with Crippen molar-refractivity contribution in [2.75, 3.05) is 0 Å². The van der Waals surface area contributed by atoms with Gasteiger partial charge in [0.05, 0.1) is 21.7 Å². The number of nitrogens with zero attached hydrogens (tertiary/aromatic N) is 1. The van der Waals surface area contributed by atoms with Gasteiger partial charge in [0.15, 0.2) is 5.78 Å². The van der Waals surface area contributed by atoms with Crippen LogP contribution in [0.1, 0.15) is 32.1 Å². The Hall–Kier alpha value is -2.94. The van der Waals surface area contributed by atoms with E-state index >= 15 is 0 Å². The van der Waals surface area contributed by atoms with Crippen molar-refractivity contribution < 1.29 is 31.1 Å². The molecule has 0 aliphatic rings. The van der Waals surface area contributed by atoms with Crippen LogP contribution in [0.4, 0.5) is 26.3 Å². The number of aryl methyl sites for hydroxylation is 1. The molecule has 0 aliphatic carbocycles. The molecule has 0 spiro atoms. The lowest BCUT2D eigenvalue weighted by atomic mass is 10.0. The smallest absolute Gasteiger partial charge is 0.288 e. The Kier molecular flexibility index (Phi) is 5.85. The number of hydrogen-bond acceptors (Lipinski definition) is 3. The zero-order valence-corrected chi connectivity index (χ0v) is 16.1. The summed E-state index contributed by atoms with van der Waals surface area (Å²) < 4.78 is 77.7. The van der Waals surface area contributed by atoms with Gasteiger partial charge in [-0.3, -0.25) is 4.79 Å². The van der Waals surface area contributed by atoms with E-state index in [4.69, 9.17) is 0 Å². The highest BCUT2D eigenvalue weighted by Gasteiger charge is 2.36. The molecule has 0 amide bonds. The molecule has 0 bridgehead atoms. The summed E-state index contributed by atoms with van der Waals surface area (Å²) in [7, 11) is 0. The second-order valence-corrected chi connectivity index (χ2v) is 7.34. The van der Waals surface area contributed by atoms with Crippen LogP contribution in [0.2, 0.25) is 0 Å². The predicted molar refractivity (Wildman–Crippen MR) is 102 cm³/mol. The Morgan fingerprint density at radius 2 is 1.50 bits per heavy atom. The highest BCUT2D eigenvalue weighted by atomic mass is 32.1. The minimum absolute atomic E-state index is 0.0403. The maximum Gasteiger partial charge on any atom is 0.416 e. The Morgan fingerprint density at radius 3 is 2.03 bits per heavy atom. The number of carbonyl (C=O) groups is 1. The topological polar surface area (TPSA) is 30.0 Å². The van der Waals surface area contributed by atoms with Gasteiger partial charge in [-0.25, -0.2) is 4.98 Å². The first-order chi connectivity index (χ1) is 13.9. The van der Waals surface area contributed by atoms with E-state index in [-0.39, 0.29) is 16.5 Å². The number of alkyl halides is 6. The summed E-state index contributed by atoms with van der Waals surface area (Å²) in [6.45, 7) is 1.61. The van der Waals surface area contributed by atoms with Gasteiger partial charge >= 0.3 is 12.4 Å². The number of allylic oxidation sites excluding steroid dienone is 1. The van der Waals surface area contributed by atoms with E-state index in [1.54, 1.807) is 19.1 Å². The van der Waals surface area contributed by atoms with Gasteiger partial charge in [-0.05, 0) is 36.8 Å². The van der Waals surface area contributed by atoms with Gasteiger partial charge in [-0.2, -0.15) is 26.3 Å². The van der Waals surface area contributed by atoms with Crippen molar-refractivity contribution >= 4 is 23.2 Å². The Balaban J connectivity index is 1.92. The first-order valence-corrected chi connectivity index (χ1v) is 9.31. The molecular formula is C21H13F6NOS. The summed E-state index contributed by atoms with van der Waals surface area (Å²) >= 11 is 1.10. The van der Waals surface area contributed by atoms with Gasteiger partial charge < -0.3 is 0 Å². The van der Waals surface area contributed by atoms with E-state index in [0.29, 0.717) is 22.8 Å². The van der Waals surface area contributed by atoms with Gasteiger partial charge in [-0.1, -0.05) is 36.4 Å². The second-order valence-electron chi connectivity index (χ2n) is 6.34. The van der Waals surface area contributed by atoms with Crippen molar-refractivity contribution in [1.82, 2.24) is 4.98 Å². The number of benzene rings is 2. The average Bonchev–Trinajstić information content (AvgIpc) is 3.07. The van der Waals surface area contributed by atoms with Crippen molar-refractivity contribution in [3.63, 3.8) is 0 Å². The molecule has 3 rings (SSSR count). The summed E-state index contributed by atoms with van der Waals surface area (Å²) in [5, 5.41) is 0.586. The van der Waals surface area contributed by atoms with Crippen molar-refractivity contribution in [2.24, 2.45) is 0 Å². The van der Waals surface area contributed by atoms with Crippen LogP contribution in [0.25, 0.3) is 16.6 Å². The molecule has 30 heavy (non-hydrogen) atoms. The normalized spacial score (nSPS) is 12.5. The fourth-order valence-corrected chi connectivity index (χ4v) is 3.64. The Morgan fingerprint density at radius 1 is 0.933 bits per heavy atom. The van der Waals surface area contributed by atoms with Crippen LogP contribution in [0.3, 0.4) is 0 Å². The highest BCUT2D eigenvalue weighted by molar-refractivity contribution is 7.17.